The van der Waals surface area contributed by atoms with Gasteiger partial charge in [-0.3, -0.25) is 0 Å². The highest BCUT2D eigenvalue weighted by Crippen LogP contribution is 2.35. The summed E-state index contributed by atoms with van der Waals surface area (Å²) in [5.41, 5.74) is 0.706. The second-order valence-electron chi connectivity index (χ2n) is 6.73. The number of hydrogen-bond donors (Lipinski definition) is 1. The van der Waals surface area contributed by atoms with E-state index in [0.717, 1.165) is 25.2 Å². The number of benzene rings is 1. The summed E-state index contributed by atoms with van der Waals surface area (Å²) in [5, 5.41) is -0.657. The molecule has 9 heteroatoms. The lowest BCUT2D eigenvalue weighted by atomic mass is 9.88. The second-order valence-corrected chi connectivity index (χ2v) is 8.72. The largest absolute Gasteiger partial charge is 0.497 e. The van der Waals surface area contributed by atoms with Crippen molar-refractivity contribution in [3.63, 3.8) is 0 Å². The van der Waals surface area contributed by atoms with E-state index in [4.69, 9.17) is 9.47 Å². The first kappa shape index (κ1) is 20.5. The molecule has 0 radical (unpaired) electrons. The normalized spacial score (nSPS) is 20.0. The van der Waals surface area contributed by atoms with Gasteiger partial charge in [-0.25, -0.2) is 27.5 Å². The predicted octanol–water partition coefficient (Wildman–Crippen LogP) is 2.78. The number of methoxy groups -OCH3 is 2. The van der Waals surface area contributed by atoms with Gasteiger partial charge in [0.1, 0.15) is 17.3 Å². The molecule has 1 aliphatic carbocycles. The highest BCUT2D eigenvalue weighted by Gasteiger charge is 2.37. The summed E-state index contributed by atoms with van der Waals surface area (Å²) in [6.07, 6.45) is 5.04. The first-order valence-corrected chi connectivity index (χ1v) is 10.7. The second kappa shape index (κ2) is 8.83. The van der Waals surface area contributed by atoms with E-state index in [9.17, 15) is 12.8 Å². The molecule has 0 bridgehead atoms. The molecule has 1 aliphatic rings. The zero-order chi connectivity index (χ0) is 20.1. The maximum absolute atomic E-state index is 13.1. The van der Waals surface area contributed by atoms with Crippen molar-refractivity contribution in [2.45, 2.75) is 43.4 Å². The van der Waals surface area contributed by atoms with Crippen molar-refractivity contribution in [2.24, 2.45) is 0 Å². The van der Waals surface area contributed by atoms with Crippen molar-refractivity contribution in [2.75, 3.05) is 14.2 Å². The van der Waals surface area contributed by atoms with Gasteiger partial charge in [0, 0.05) is 24.1 Å². The maximum atomic E-state index is 13.1. The molecule has 0 amide bonds. The Labute approximate surface area is 164 Å². The van der Waals surface area contributed by atoms with E-state index in [1.807, 2.05) is 0 Å². The highest BCUT2D eigenvalue weighted by molar-refractivity contribution is 7.90. The Hall–Kier alpha value is -2.26. The summed E-state index contributed by atoms with van der Waals surface area (Å²) in [6.45, 7) is 0.100. The predicted molar refractivity (Wildman–Crippen MR) is 102 cm³/mol. The van der Waals surface area contributed by atoms with E-state index in [0.29, 0.717) is 35.7 Å². The van der Waals surface area contributed by atoms with Crippen LogP contribution < -0.4 is 14.2 Å². The third kappa shape index (κ3) is 4.59. The Morgan fingerprint density at radius 3 is 2.54 bits per heavy atom. The molecule has 1 N–H and O–H groups in total. The minimum absolute atomic E-state index is 0.100. The zero-order valence-electron chi connectivity index (χ0n) is 15.9. The smallest absolute Gasteiger partial charge is 0.215 e. The van der Waals surface area contributed by atoms with Crippen LogP contribution in [0, 0.1) is 5.82 Å². The van der Waals surface area contributed by atoms with E-state index in [1.54, 1.807) is 25.3 Å². The van der Waals surface area contributed by atoms with Crippen LogP contribution in [0.1, 0.15) is 43.0 Å². The number of rotatable bonds is 7. The Morgan fingerprint density at radius 2 is 1.86 bits per heavy atom. The maximum Gasteiger partial charge on any atom is 0.215 e. The summed E-state index contributed by atoms with van der Waals surface area (Å²) in [7, 11) is -0.563. The fraction of sp³-hybridized carbons (Fsp3) is 0.474. The molecule has 1 aromatic heterocycles. The van der Waals surface area contributed by atoms with Gasteiger partial charge in [-0.2, -0.15) is 0 Å². The average molecular weight is 409 g/mol. The number of sulfonamides is 1. The molecule has 2 atom stereocenters. The first-order valence-electron chi connectivity index (χ1n) is 9.11. The lowest BCUT2D eigenvalue weighted by Gasteiger charge is -2.30. The SMILES string of the molecule is COc1ccc(CNS(=O)(=O)[C@@H]2CCCC[C@@H]2c2ncc(F)cn2)c(OC)c1. The zero-order valence-corrected chi connectivity index (χ0v) is 16.7. The number of nitrogens with one attached hydrogen (secondary N) is 1. The van der Waals surface area contributed by atoms with Crippen LogP contribution in [-0.2, 0) is 16.6 Å². The summed E-state index contributed by atoms with van der Waals surface area (Å²) in [6, 6.07) is 5.23. The van der Waals surface area contributed by atoms with Crippen LogP contribution in [0.5, 0.6) is 11.5 Å². The summed E-state index contributed by atoms with van der Waals surface area (Å²) >= 11 is 0. The van der Waals surface area contributed by atoms with Gasteiger partial charge in [0.2, 0.25) is 10.0 Å². The van der Waals surface area contributed by atoms with Crippen molar-refractivity contribution in [3.05, 3.63) is 47.8 Å². The minimum atomic E-state index is -3.64. The van der Waals surface area contributed by atoms with Crippen LogP contribution in [0.15, 0.2) is 30.6 Å². The van der Waals surface area contributed by atoms with E-state index < -0.39 is 21.1 Å². The van der Waals surface area contributed by atoms with Gasteiger partial charge >= 0.3 is 0 Å². The number of aromatic nitrogens is 2. The molecule has 3 rings (SSSR count). The summed E-state index contributed by atoms with van der Waals surface area (Å²) < 4.78 is 52.4. The third-order valence-electron chi connectivity index (χ3n) is 5.03. The van der Waals surface area contributed by atoms with E-state index >= 15 is 0 Å². The molecule has 1 saturated carbocycles. The number of hydrogen-bond acceptors (Lipinski definition) is 6. The van der Waals surface area contributed by atoms with E-state index in [-0.39, 0.29) is 12.5 Å². The average Bonchev–Trinajstić information content (AvgIpc) is 2.72. The number of halogens is 1. The lowest BCUT2D eigenvalue weighted by Crippen LogP contribution is -2.40. The molecule has 152 valence electrons. The van der Waals surface area contributed by atoms with Gasteiger partial charge in [-0.1, -0.05) is 18.9 Å². The Balaban J connectivity index is 1.78. The Kier molecular flexibility index (Phi) is 6.46. The highest BCUT2D eigenvalue weighted by atomic mass is 32.2. The van der Waals surface area contributed by atoms with Crippen LogP contribution in [0.2, 0.25) is 0 Å². The number of ether oxygens (including phenoxy) is 2. The van der Waals surface area contributed by atoms with Crippen LogP contribution in [0.4, 0.5) is 4.39 Å². The van der Waals surface area contributed by atoms with Crippen molar-refractivity contribution in [3.8, 4) is 11.5 Å². The van der Waals surface area contributed by atoms with Gasteiger partial charge < -0.3 is 9.47 Å². The molecular weight excluding hydrogens is 385 g/mol. The fourth-order valence-electron chi connectivity index (χ4n) is 3.56. The molecule has 0 unspecified atom stereocenters. The van der Waals surface area contributed by atoms with Crippen LogP contribution >= 0.6 is 0 Å². The molecule has 1 fully saturated rings. The van der Waals surface area contributed by atoms with E-state index in [2.05, 4.69) is 14.7 Å². The van der Waals surface area contributed by atoms with E-state index in [1.165, 1.54) is 7.11 Å². The Morgan fingerprint density at radius 1 is 1.14 bits per heavy atom. The minimum Gasteiger partial charge on any atom is -0.497 e. The first-order chi connectivity index (χ1) is 13.4. The van der Waals surface area contributed by atoms with Crippen molar-refractivity contribution < 1.29 is 22.3 Å². The monoisotopic (exact) mass is 409 g/mol. The molecule has 1 aromatic carbocycles. The molecule has 7 nitrogen and oxygen atoms in total. The molecule has 0 aliphatic heterocycles. The fourth-order valence-corrected chi connectivity index (χ4v) is 5.30. The van der Waals surface area contributed by atoms with Gasteiger partial charge in [-0.15, -0.1) is 0 Å². The van der Waals surface area contributed by atoms with Crippen LogP contribution in [-0.4, -0.2) is 37.9 Å². The van der Waals surface area contributed by atoms with Crippen molar-refractivity contribution >= 4 is 10.0 Å². The Bertz CT molecular complexity index is 906. The standard InChI is InChI=1S/C19H24FN3O4S/c1-26-15-8-7-13(17(9-15)27-2)10-23-28(24,25)18-6-4-3-5-16(18)19-21-11-14(20)12-22-19/h7-9,11-12,16,18,23H,3-6,10H2,1-2H3/t16-,18+/m0/s1. The van der Waals surface area contributed by atoms with Crippen LogP contribution in [0.25, 0.3) is 0 Å². The van der Waals surface area contributed by atoms with Gasteiger partial charge in [-0.05, 0) is 18.9 Å². The van der Waals surface area contributed by atoms with Crippen molar-refractivity contribution in [1.29, 1.82) is 0 Å². The van der Waals surface area contributed by atoms with Gasteiger partial charge in [0.05, 0.1) is 31.9 Å². The molecule has 28 heavy (non-hydrogen) atoms. The lowest BCUT2D eigenvalue weighted by molar-refractivity contribution is 0.390. The van der Waals surface area contributed by atoms with Gasteiger partial charge in [0.15, 0.2) is 5.82 Å². The quantitative estimate of drug-likeness (QED) is 0.756. The molecule has 1 heterocycles. The molecule has 0 spiro atoms. The number of nitrogens with zero attached hydrogens (tertiary/aromatic N) is 2. The molecule has 2 aromatic rings. The van der Waals surface area contributed by atoms with Gasteiger partial charge in [0.25, 0.3) is 0 Å². The molecule has 0 saturated heterocycles. The third-order valence-corrected chi connectivity index (χ3v) is 6.94. The van der Waals surface area contributed by atoms with Crippen molar-refractivity contribution in [1.82, 2.24) is 14.7 Å². The summed E-state index contributed by atoms with van der Waals surface area (Å²) in [4.78, 5) is 8.04. The topological polar surface area (TPSA) is 90.4 Å². The summed E-state index contributed by atoms with van der Waals surface area (Å²) in [5.74, 6) is 0.653. The molecular formula is C19H24FN3O4S. The van der Waals surface area contributed by atoms with Crippen LogP contribution in [0.3, 0.4) is 0 Å².